The van der Waals surface area contributed by atoms with E-state index >= 15 is 0 Å². The van der Waals surface area contributed by atoms with Gasteiger partial charge >= 0.3 is 0 Å². The third kappa shape index (κ3) is 4.57. The lowest BCUT2D eigenvalue weighted by Gasteiger charge is -2.14. The van der Waals surface area contributed by atoms with Crippen molar-refractivity contribution in [1.82, 2.24) is 5.32 Å². The Labute approximate surface area is 145 Å². The molecule has 7 heteroatoms. The maximum atomic E-state index is 12.9. The van der Waals surface area contributed by atoms with Crippen LogP contribution in [-0.4, -0.2) is 31.9 Å². The van der Waals surface area contributed by atoms with Gasteiger partial charge in [-0.2, -0.15) is 0 Å². The van der Waals surface area contributed by atoms with E-state index in [1.165, 1.54) is 12.1 Å². The van der Waals surface area contributed by atoms with E-state index in [0.29, 0.717) is 17.7 Å². The zero-order valence-electron chi connectivity index (χ0n) is 13.4. The van der Waals surface area contributed by atoms with Gasteiger partial charge in [-0.15, -0.1) is 0 Å². The first-order valence-electron chi connectivity index (χ1n) is 7.90. The Balaban J connectivity index is 1.67. The molecule has 132 valence electrons. The average molecular weight is 363 g/mol. The number of rotatable bonds is 5. The molecule has 0 unspecified atom stereocenters. The zero-order valence-corrected chi connectivity index (χ0v) is 14.3. The van der Waals surface area contributed by atoms with Gasteiger partial charge in [0.05, 0.1) is 17.1 Å². The van der Waals surface area contributed by atoms with Crippen LogP contribution in [0.5, 0.6) is 5.75 Å². The number of amides is 1. The smallest absolute Gasteiger partial charge is 0.255 e. The first-order valence-corrected chi connectivity index (χ1v) is 9.73. The molecule has 1 heterocycles. The topological polar surface area (TPSA) is 72.5 Å². The Bertz CT molecular complexity index is 865. The van der Waals surface area contributed by atoms with Crippen LogP contribution in [0.25, 0.3) is 0 Å². The number of carbonyl (C=O) groups excluding carboxylic acids is 1. The van der Waals surface area contributed by atoms with E-state index in [2.05, 4.69) is 5.32 Å². The van der Waals surface area contributed by atoms with E-state index in [1.807, 2.05) is 0 Å². The van der Waals surface area contributed by atoms with Crippen molar-refractivity contribution in [3.8, 4) is 5.75 Å². The van der Waals surface area contributed by atoms with E-state index in [-0.39, 0.29) is 35.9 Å². The van der Waals surface area contributed by atoms with Gasteiger partial charge < -0.3 is 10.1 Å². The zero-order chi connectivity index (χ0) is 17.9. The molecule has 0 spiro atoms. The summed E-state index contributed by atoms with van der Waals surface area (Å²) < 4.78 is 41.6. The lowest BCUT2D eigenvalue weighted by molar-refractivity contribution is 0.0936. The monoisotopic (exact) mass is 363 g/mol. The normalized spacial score (nSPS) is 18.7. The molecule has 1 saturated heterocycles. The molecule has 3 rings (SSSR count). The molecule has 1 atom stereocenters. The van der Waals surface area contributed by atoms with Crippen molar-refractivity contribution in [3.05, 3.63) is 65.5 Å². The van der Waals surface area contributed by atoms with Gasteiger partial charge in [0.25, 0.3) is 5.91 Å². The highest BCUT2D eigenvalue weighted by atomic mass is 32.2. The number of halogens is 1. The molecule has 1 amide bonds. The third-order valence-corrected chi connectivity index (χ3v) is 5.77. The first kappa shape index (κ1) is 17.4. The second-order valence-corrected chi connectivity index (χ2v) is 8.21. The minimum Gasteiger partial charge on any atom is -0.488 e. The maximum absolute atomic E-state index is 12.9. The number of para-hydroxylation sites is 1. The van der Waals surface area contributed by atoms with Crippen LogP contribution in [0.15, 0.2) is 48.5 Å². The van der Waals surface area contributed by atoms with Gasteiger partial charge in [-0.3, -0.25) is 4.79 Å². The fourth-order valence-corrected chi connectivity index (χ4v) is 4.37. The molecule has 2 aromatic carbocycles. The molecule has 1 aliphatic rings. The summed E-state index contributed by atoms with van der Waals surface area (Å²) in [5.41, 5.74) is 1.12. The number of carbonyl (C=O) groups is 1. The van der Waals surface area contributed by atoms with Crippen molar-refractivity contribution >= 4 is 15.7 Å². The number of hydrogen-bond donors (Lipinski definition) is 1. The summed E-state index contributed by atoms with van der Waals surface area (Å²) in [6.07, 6.45) is 0.423. The fourth-order valence-electron chi connectivity index (χ4n) is 2.69. The SMILES string of the molecule is O=C(N[C@H]1CCS(=O)(=O)C1)c1ccccc1OCc1ccc(F)cc1. The molecule has 0 aliphatic carbocycles. The number of nitrogens with one attached hydrogen (secondary N) is 1. The molecule has 5 nitrogen and oxygen atoms in total. The predicted molar refractivity (Wildman–Crippen MR) is 91.7 cm³/mol. The van der Waals surface area contributed by atoms with Gasteiger partial charge in [0.1, 0.15) is 18.2 Å². The Morgan fingerprint density at radius 1 is 1.16 bits per heavy atom. The van der Waals surface area contributed by atoms with Crippen molar-refractivity contribution in [2.75, 3.05) is 11.5 Å². The third-order valence-electron chi connectivity index (χ3n) is 4.01. The molecule has 1 aliphatic heterocycles. The lowest BCUT2D eigenvalue weighted by Crippen LogP contribution is -2.35. The van der Waals surface area contributed by atoms with Gasteiger partial charge in [-0.25, -0.2) is 12.8 Å². The van der Waals surface area contributed by atoms with Crippen molar-refractivity contribution in [3.63, 3.8) is 0 Å². The number of ether oxygens (including phenoxy) is 1. The molecular weight excluding hydrogens is 345 g/mol. The van der Waals surface area contributed by atoms with E-state index in [4.69, 9.17) is 4.74 Å². The summed E-state index contributed by atoms with van der Waals surface area (Å²) in [5, 5.41) is 2.75. The van der Waals surface area contributed by atoms with Crippen molar-refractivity contribution < 1.29 is 22.3 Å². The Hall–Kier alpha value is -2.41. The van der Waals surface area contributed by atoms with Crippen LogP contribution in [0, 0.1) is 5.82 Å². The van der Waals surface area contributed by atoms with Crippen molar-refractivity contribution in [2.45, 2.75) is 19.1 Å². The quantitative estimate of drug-likeness (QED) is 0.885. The second-order valence-electron chi connectivity index (χ2n) is 5.98. The summed E-state index contributed by atoms with van der Waals surface area (Å²) in [6, 6.07) is 12.3. The lowest BCUT2D eigenvalue weighted by atomic mass is 10.1. The molecule has 0 aromatic heterocycles. The Morgan fingerprint density at radius 3 is 2.56 bits per heavy atom. The van der Waals surface area contributed by atoms with E-state index in [0.717, 1.165) is 5.56 Å². The van der Waals surface area contributed by atoms with E-state index in [9.17, 15) is 17.6 Å². The summed E-state index contributed by atoms with van der Waals surface area (Å²) in [5.74, 6) is -0.227. The summed E-state index contributed by atoms with van der Waals surface area (Å²) in [6.45, 7) is 0.197. The Kier molecular flexibility index (Phi) is 5.03. The van der Waals surface area contributed by atoms with Crippen LogP contribution in [0.2, 0.25) is 0 Å². The van der Waals surface area contributed by atoms with Crippen LogP contribution in [0.3, 0.4) is 0 Å². The minimum absolute atomic E-state index is 0.0304. The predicted octanol–water partition coefficient (Wildman–Crippen LogP) is 2.32. The molecule has 0 bridgehead atoms. The molecule has 0 saturated carbocycles. The van der Waals surface area contributed by atoms with Gasteiger partial charge in [0, 0.05) is 6.04 Å². The summed E-state index contributed by atoms with van der Waals surface area (Å²) >= 11 is 0. The second kappa shape index (κ2) is 7.23. The van der Waals surface area contributed by atoms with Crippen LogP contribution in [0.1, 0.15) is 22.3 Å². The highest BCUT2D eigenvalue weighted by molar-refractivity contribution is 7.91. The molecular formula is C18H18FNO4S. The number of benzene rings is 2. The molecule has 0 radical (unpaired) electrons. The van der Waals surface area contributed by atoms with Crippen LogP contribution >= 0.6 is 0 Å². The molecule has 1 N–H and O–H groups in total. The van der Waals surface area contributed by atoms with Gasteiger partial charge in [-0.05, 0) is 36.2 Å². The minimum atomic E-state index is -3.06. The van der Waals surface area contributed by atoms with Crippen molar-refractivity contribution in [2.24, 2.45) is 0 Å². The standard InChI is InChI=1S/C18H18FNO4S/c19-14-7-5-13(6-8-14)11-24-17-4-2-1-3-16(17)18(21)20-15-9-10-25(22,23)12-15/h1-8,15H,9-12H2,(H,20,21)/t15-/m0/s1. The van der Waals surface area contributed by atoms with Crippen LogP contribution in [-0.2, 0) is 16.4 Å². The number of sulfone groups is 1. The van der Waals surface area contributed by atoms with Gasteiger partial charge in [0.2, 0.25) is 0 Å². The number of hydrogen-bond acceptors (Lipinski definition) is 4. The first-order chi connectivity index (χ1) is 11.9. The van der Waals surface area contributed by atoms with Crippen LogP contribution in [0.4, 0.5) is 4.39 Å². The fraction of sp³-hybridized carbons (Fsp3) is 0.278. The van der Waals surface area contributed by atoms with Crippen LogP contribution < -0.4 is 10.1 Å². The largest absolute Gasteiger partial charge is 0.488 e. The average Bonchev–Trinajstić information content (AvgIpc) is 2.93. The Morgan fingerprint density at radius 2 is 1.88 bits per heavy atom. The maximum Gasteiger partial charge on any atom is 0.255 e. The molecule has 25 heavy (non-hydrogen) atoms. The van der Waals surface area contributed by atoms with E-state index < -0.39 is 9.84 Å². The van der Waals surface area contributed by atoms with Crippen molar-refractivity contribution in [1.29, 1.82) is 0 Å². The van der Waals surface area contributed by atoms with Gasteiger partial charge in [0.15, 0.2) is 9.84 Å². The highest BCUT2D eigenvalue weighted by Gasteiger charge is 2.29. The molecule has 1 fully saturated rings. The van der Waals surface area contributed by atoms with E-state index in [1.54, 1.807) is 36.4 Å². The highest BCUT2D eigenvalue weighted by Crippen LogP contribution is 2.21. The molecule has 2 aromatic rings. The summed E-state index contributed by atoms with van der Waals surface area (Å²) in [4.78, 5) is 12.5. The summed E-state index contributed by atoms with van der Waals surface area (Å²) in [7, 11) is -3.06. The van der Waals surface area contributed by atoms with Gasteiger partial charge in [-0.1, -0.05) is 24.3 Å².